The zero-order valence-corrected chi connectivity index (χ0v) is 9.94. The molecule has 4 nitrogen and oxygen atoms in total. The zero-order valence-electron chi connectivity index (χ0n) is 9.94. The molecule has 0 saturated carbocycles. The van der Waals surface area contributed by atoms with Crippen LogP contribution in [0.3, 0.4) is 0 Å². The van der Waals surface area contributed by atoms with Gasteiger partial charge in [-0.15, -0.1) is 0 Å². The van der Waals surface area contributed by atoms with Gasteiger partial charge in [0, 0.05) is 0 Å². The summed E-state index contributed by atoms with van der Waals surface area (Å²) >= 11 is 0. The first kappa shape index (κ1) is 13.4. The summed E-state index contributed by atoms with van der Waals surface area (Å²) in [5.41, 5.74) is 5.40. The van der Waals surface area contributed by atoms with Crippen LogP contribution < -0.4 is 15.8 Å². The summed E-state index contributed by atoms with van der Waals surface area (Å²) in [4.78, 5) is 11.2. The Labute approximate surface area is 100.0 Å². The van der Waals surface area contributed by atoms with Crippen LogP contribution in [0.5, 0.6) is 5.75 Å². The lowest BCUT2D eigenvalue weighted by Gasteiger charge is -2.16. The van der Waals surface area contributed by atoms with Crippen molar-refractivity contribution in [2.45, 2.75) is 26.0 Å². The first-order valence-electron chi connectivity index (χ1n) is 5.44. The minimum absolute atomic E-state index is 0.205. The predicted octanol–water partition coefficient (Wildman–Crippen LogP) is 1.06. The Morgan fingerprint density at radius 1 is 1.41 bits per heavy atom. The second-order valence-electron chi connectivity index (χ2n) is 3.92. The van der Waals surface area contributed by atoms with E-state index < -0.39 is 6.04 Å². The van der Waals surface area contributed by atoms with Crippen molar-refractivity contribution < 1.29 is 13.9 Å². The maximum absolute atomic E-state index is 12.6. The Morgan fingerprint density at radius 2 is 2.00 bits per heavy atom. The summed E-state index contributed by atoms with van der Waals surface area (Å²) in [6, 6.07) is 5.19. The molecule has 0 radical (unpaired) electrons. The lowest BCUT2D eigenvalue weighted by molar-refractivity contribution is -0.122. The summed E-state index contributed by atoms with van der Waals surface area (Å²) in [5.74, 6) is 0.0313. The van der Waals surface area contributed by atoms with E-state index in [1.165, 1.54) is 12.1 Å². The average Bonchev–Trinajstić information content (AvgIpc) is 2.29. The highest BCUT2D eigenvalue weighted by Crippen LogP contribution is 2.12. The van der Waals surface area contributed by atoms with Gasteiger partial charge in [0.2, 0.25) is 5.91 Å². The minimum Gasteiger partial charge on any atom is -0.489 e. The van der Waals surface area contributed by atoms with E-state index in [1.807, 2.05) is 6.92 Å². The maximum atomic E-state index is 12.6. The van der Waals surface area contributed by atoms with Gasteiger partial charge in [-0.25, -0.2) is 4.39 Å². The van der Waals surface area contributed by atoms with Gasteiger partial charge in [-0.1, -0.05) is 0 Å². The summed E-state index contributed by atoms with van der Waals surface area (Å²) in [7, 11) is 0. The number of nitrogens with one attached hydrogen (secondary N) is 1. The fourth-order valence-electron chi connectivity index (χ4n) is 1.19. The molecule has 0 aliphatic heterocycles. The Hall–Kier alpha value is -1.62. The minimum atomic E-state index is -0.534. The molecule has 0 saturated heterocycles. The van der Waals surface area contributed by atoms with Crippen molar-refractivity contribution >= 4 is 5.91 Å². The maximum Gasteiger partial charge on any atom is 0.236 e. The van der Waals surface area contributed by atoms with E-state index in [0.29, 0.717) is 12.3 Å². The van der Waals surface area contributed by atoms with Crippen LogP contribution in [-0.2, 0) is 4.79 Å². The van der Waals surface area contributed by atoms with Crippen LogP contribution in [0, 0.1) is 5.82 Å². The van der Waals surface area contributed by atoms with Gasteiger partial charge in [0.1, 0.15) is 17.7 Å². The number of rotatable bonds is 5. The molecule has 17 heavy (non-hydrogen) atoms. The first-order chi connectivity index (χ1) is 7.99. The van der Waals surface area contributed by atoms with Crippen LogP contribution in [0.2, 0.25) is 0 Å². The van der Waals surface area contributed by atoms with E-state index in [-0.39, 0.29) is 17.8 Å². The average molecular weight is 240 g/mol. The SMILES string of the molecule is CC(CNC(=O)[C@@H](C)N)Oc1ccc(F)cc1. The third-order valence-corrected chi connectivity index (χ3v) is 2.13. The van der Waals surface area contributed by atoms with Crippen molar-refractivity contribution in [2.75, 3.05) is 6.54 Å². The summed E-state index contributed by atoms with van der Waals surface area (Å²) in [5, 5.41) is 2.65. The number of ether oxygens (including phenoxy) is 1. The van der Waals surface area contributed by atoms with Crippen LogP contribution in [-0.4, -0.2) is 24.6 Å². The third-order valence-electron chi connectivity index (χ3n) is 2.13. The molecule has 0 heterocycles. The lowest BCUT2D eigenvalue weighted by atomic mass is 10.3. The predicted molar refractivity (Wildman–Crippen MR) is 63.1 cm³/mol. The van der Waals surface area contributed by atoms with Crippen molar-refractivity contribution in [2.24, 2.45) is 5.73 Å². The lowest BCUT2D eigenvalue weighted by Crippen LogP contribution is -2.42. The number of carbonyl (C=O) groups excluding carboxylic acids is 1. The number of nitrogens with two attached hydrogens (primary N) is 1. The summed E-state index contributed by atoms with van der Waals surface area (Å²) in [6.07, 6.45) is -0.205. The monoisotopic (exact) mass is 240 g/mol. The molecule has 94 valence electrons. The topological polar surface area (TPSA) is 64.4 Å². The number of hydrogen-bond acceptors (Lipinski definition) is 3. The summed E-state index contributed by atoms with van der Waals surface area (Å²) < 4.78 is 18.1. The number of hydrogen-bond donors (Lipinski definition) is 2. The van der Waals surface area contributed by atoms with Crippen molar-refractivity contribution in [1.29, 1.82) is 0 Å². The van der Waals surface area contributed by atoms with E-state index in [4.69, 9.17) is 10.5 Å². The second-order valence-corrected chi connectivity index (χ2v) is 3.92. The standard InChI is InChI=1S/C12H17FN2O2/c1-8(7-15-12(16)9(2)14)17-11-5-3-10(13)4-6-11/h3-6,8-9H,7,14H2,1-2H3,(H,15,16)/t8?,9-/m1/s1. The van der Waals surface area contributed by atoms with E-state index in [0.717, 1.165) is 0 Å². The fourth-order valence-corrected chi connectivity index (χ4v) is 1.19. The van der Waals surface area contributed by atoms with Gasteiger partial charge in [-0.05, 0) is 38.1 Å². The highest BCUT2D eigenvalue weighted by atomic mass is 19.1. The Bertz CT molecular complexity index is 365. The summed E-state index contributed by atoms with van der Waals surface area (Å²) in [6.45, 7) is 3.78. The Morgan fingerprint density at radius 3 is 2.53 bits per heavy atom. The molecular formula is C12H17FN2O2. The largest absolute Gasteiger partial charge is 0.489 e. The van der Waals surface area contributed by atoms with Crippen molar-refractivity contribution in [3.8, 4) is 5.75 Å². The van der Waals surface area contributed by atoms with Gasteiger partial charge in [-0.3, -0.25) is 4.79 Å². The van der Waals surface area contributed by atoms with Crippen LogP contribution in [0.25, 0.3) is 0 Å². The van der Waals surface area contributed by atoms with E-state index in [9.17, 15) is 9.18 Å². The smallest absolute Gasteiger partial charge is 0.236 e. The number of amides is 1. The molecule has 1 aromatic carbocycles. The number of benzene rings is 1. The number of carbonyl (C=O) groups is 1. The Kier molecular flexibility index (Phi) is 4.90. The van der Waals surface area contributed by atoms with Gasteiger partial charge < -0.3 is 15.8 Å². The molecule has 1 amide bonds. The molecule has 0 aromatic heterocycles. The number of halogens is 1. The molecule has 0 fully saturated rings. The molecule has 1 rings (SSSR count). The second kappa shape index (κ2) is 6.20. The molecule has 0 aliphatic rings. The molecule has 1 unspecified atom stereocenters. The fraction of sp³-hybridized carbons (Fsp3) is 0.417. The van der Waals surface area contributed by atoms with Gasteiger partial charge >= 0.3 is 0 Å². The highest BCUT2D eigenvalue weighted by molar-refractivity contribution is 5.80. The Balaban J connectivity index is 2.37. The molecule has 0 aliphatic carbocycles. The molecule has 0 bridgehead atoms. The van der Waals surface area contributed by atoms with Crippen molar-refractivity contribution in [3.63, 3.8) is 0 Å². The van der Waals surface area contributed by atoms with Crippen LogP contribution in [0.15, 0.2) is 24.3 Å². The molecular weight excluding hydrogens is 223 g/mol. The van der Waals surface area contributed by atoms with Gasteiger partial charge in [0.25, 0.3) is 0 Å². The third kappa shape index (κ3) is 4.82. The molecule has 3 N–H and O–H groups in total. The quantitative estimate of drug-likeness (QED) is 0.808. The van der Waals surface area contributed by atoms with E-state index >= 15 is 0 Å². The van der Waals surface area contributed by atoms with Crippen LogP contribution >= 0.6 is 0 Å². The molecule has 1 aromatic rings. The first-order valence-corrected chi connectivity index (χ1v) is 5.44. The van der Waals surface area contributed by atoms with Crippen LogP contribution in [0.1, 0.15) is 13.8 Å². The van der Waals surface area contributed by atoms with Gasteiger partial charge in [0.15, 0.2) is 0 Å². The highest BCUT2D eigenvalue weighted by Gasteiger charge is 2.09. The van der Waals surface area contributed by atoms with E-state index in [1.54, 1.807) is 19.1 Å². The molecule has 0 spiro atoms. The zero-order chi connectivity index (χ0) is 12.8. The van der Waals surface area contributed by atoms with Gasteiger partial charge in [0.05, 0.1) is 12.6 Å². The molecule has 5 heteroatoms. The van der Waals surface area contributed by atoms with Gasteiger partial charge in [-0.2, -0.15) is 0 Å². The molecule has 2 atom stereocenters. The van der Waals surface area contributed by atoms with Crippen LogP contribution in [0.4, 0.5) is 4.39 Å². The van der Waals surface area contributed by atoms with Crippen molar-refractivity contribution in [3.05, 3.63) is 30.1 Å². The normalized spacial score (nSPS) is 13.9. The van der Waals surface area contributed by atoms with E-state index in [2.05, 4.69) is 5.32 Å². The van der Waals surface area contributed by atoms with Crippen molar-refractivity contribution in [1.82, 2.24) is 5.32 Å².